The lowest BCUT2D eigenvalue weighted by Crippen LogP contribution is -2.36. The van der Waals surface area contributed by atoms with E-state index >= 15 is 0 Å². The lowest BCUT2D eigenvalue weighted by atomic mass is 10.2. The molecule has 48 valence electrons. The zero-order chi connectivity index (χ0) is 6.73. The van der Waals surface area contributed by atoms with Crippen LogP contribution >= 0.6 is 0 Å². The van der Waals surface area contributed by atoms with Gasteiger partial charge in [0, 0.05) is 0 Å². The van der Waals surface area contributed by atoms with Gasteiger partial charge in [0.25, 0.3) is 0 Å². The normalized spacial score (nSPS) is 17.4. The minimum Gasteiger partial charge on any atom is -0.390 e. The fourth-order valence-corrected chi connectivity index (χ4v) is 0.238. The molecule has 8 heavy (non-hydrogen) atoms. The van der Waals surface area contributed by atoms with Crippen molar-refractivity contribution in [2.75, 3.05) is 0 Å². The SMILES string of the molecule is C[C@H](O)[C@H](O)C(N)=O. The minimum atomic E-state index is -1.44. The molecule has 0 rings (SSSR count). The number of aliphatic hydroxyl groups is 2. The summed E-state index contributed by atoms with van der Waals surface area (Å²) in [6, 6.07) is 0. The first-order chi connectivity index (χ1) is 3.55. The molecule has 4 nitrogen and oxygen atoms in total. The van der Waals surface area contributed by atoms with Crippen LogP contribution in [-0.2, 0) is 4.79 Å². The van der Waals surface area contributed by atoms with Crippen molar-refractivity contribution >= 4 is 5.91 Å². The number of amides is 1. The van der Waals surface area contributed by atoms with Crippen molar-refractivity contribution < 1.29 is 15.0 Å². The number of hydrogen-bond donors (Lipinski definition) is 3. The molecule has 0 fully saturated rings. The zero-order valence-electron chi connectivity index (χ0n) is 4.53. The molecule has 0 aliphatic heterocycles. The average molecular weight is 119 g/mol. The molecule has 0 aromatic rings. The maximum Gasteiger partial charge on any atom is 0.248 e. The summed E-state index contributed by atoms with van der Waals surface area (Å²) in [6.07, 6.45) is -2.51. The van der Waals surface area contributed by atoms with E-state index in [0.717, 1.165) is 0 Å². The highest BCUT2D eigenvalue weighted by Gasteiger charge is 2.15. The molecule has 2 atom stereocenters. The first-order valence-corrected chi connectivity index (χ1v) is 2.21. The van der Waals surface area contributed by atoms with Crippen molar-refractivity contribution in [3.63, 3.8) is 0 Å². The second-order valence-corrected chi connectivity index (χ2v) is 1.59. The molecule has 0 saturated carbocycles. The lowest BCUT2D eigenvalue weighted by molar-refractivity contribution is -0.130. The van der Waals surface area contributed by atoms with Gasteiger partial charge < -0.3 is 15.9 Å². The summed E-state index contributed by atoms with van der Waals surface area (Å²) in [6.45, 7) is 1.29. The number of hydrogen-bond acceptors (Lipinski definition) is 3. The Morgan fingerprint density at radius 1 is 1.62 bits per heavy atom. The number of carbonyl (C=O) groups is 1. The Hall–Kier alpha value is -0.610. The topological polar surface area (TPSA) is 83.6 Å². The molecule has 0 heterocycles. The summed E-state index contributed by atoms with van der Waals surface area (Å²) in [5.74, 6) is -0.903. The number of rotatable bonds is 2. The number of primary amides is 1. The van der Waals surface area contributed by atoms with Gasteiger partial charge in [-0.25, -0.2) is 0 Å². The third-order valence-electron chi connectivity index (χ3n) is 0.748. The van der Waals surface area contributed by atoms with Crippen molar-refractivity contribution in [1.29, 1.82) is 0 Å². The summed E-state index contributed by atoms with van der Waals surface area (Å²) in [7, 11) is 0. The van der Waals surface area contributed by atoms with Gasteiger partial charge in [-0.3, -0.25) is 4.79 Å². The highest BCUT2D eigenvalue weighted by atomic mass is 16.3. The molecule has 4 heteroatoms. The summed E-state index contributed by atoms with van der Waals surface area (Å²) < 4.78 is 0. The van der Waals surface area contributed by atoms with Gasteiger partial charge in [0.15, 0.2) is 6.10 Å². The van der Waals surface area contributed by atoms with Crippen LogP contribution in [-0.4, -0.2) is 28.3 Å². The van der Waals surface area contributed by atoms with Crippen molar-refractivity contribution in [2.24, 2.45) is 5.73 Å². The van der Waals surface area contributed by atoms with Crippen LogP contribution in [0.1, 0.15) is 6.92 Å². The van der Waals surface area contributed by atoms with E-state index in [0.29, 0.717) is 0 Å². The van der Waals surface area contributed by atoms with E-state index in [-0.39, 0.29) is 0 Å². The van der Waals surface area contributed by atoms with Crippen LogP contribution in [0.25, 0.3) is 0 Å². The van der Waals surface area contributed by atoms with E-state index in [1.54, 1.807) is 0 Å². The molecule has 0 unspecified atom stereocenters. The molecule has 0 aliphatic carbocycles. The number of nitrogens with two attached hydrogens (primary N) is 1. The Labute approximate surface area is 46.9 Å². The van der Waals surface area contributed by atoms with Crippen LogP contribution in [0.4, 0.5) is 0 Å². The van der Waals surface area contributed by atoms with Gasteiger partial charge in [-0.05, 0) is 6.92 Å². The highest BCUT2D eigenvalue weighted by molar-refractivity contribution is 5.79. The summed E-state index contributed by atoms with van der Waals surface area (Å²) in [4.78, 5) is 9.95. The van der Waals surface area contributed by atoms with Gasteiger partial charge in [0.05, 0.1) is 6.10 Å². The van der Waals surface area contributed by atoms with E-state index in [9.17, 15) is 4.79 Å². The van der Waals surface area contributed by atoms with Crippen molar-refractivity contribution in [2.45, 2.75) is 19.1 Å². The predicted molar refractivity (Wildman–Crippen MR) is 26.9 cm³/mol. The molecule has 0 aromatic heterocycles. The lowest BCUT2D eigenvalue weighted by Gasteiger charge is -2.07. The van der Waals surface area contributed by atoms with E-state index < -0.39 is 18.1 Å². The number of carbonyl (C=O) groups excluding carboxylic acids is 1. The Morgan fingerprint density at radius 3 is 2.00 bits per heavy atom. The van der Waals surface area contributed by atoms with Crippen molar-refractivity contribution in [3.8, 4) is 0 Å². The van der Waals surface area contributed by atoms with Gasteiger partial charge in [0.2, 0.25) is 5.91 Å². The Balaban J connectivity index is 3.64. The largest absolute Gasteiger partial charge is 0.390 e. The Morgan fingerprint density at radius 2 is 2.00 bits per heavy atom. The molecule has 1 amide bonds. The molecule has 0 spiro atoms. The van der Waals surface area contributed by atoms with Gasteiger partial charge in [-0.2, -0.15) is 0 Å². The second-order valence-electron chi connectivity index (χ2n) is 1.59. The van der Waals surface area contributed by atoms with Crippen molar-refractivity contribution in [1.82, 2.24) is 0 Å². The first kappa shape index (κ1) is 7.39. The fraction of sp³-hybridized carbons (Fsp3) is 0.750. The van der Waals surface area contributed by atoms with E-state index in [2.05, 4.69) is 5.73 Å². The van der Waals surface area contributed by atoms with Gasteiger partial charge in [-0.15, -0.1) is 0 Å². The van der Waals surface area contributed by atoms with Crippen LogP contribution in [0.2, 0.25) is 0 Å². The Kier molecular flexibility index (Phi) is 2.44. The standard InChI is InChI=1S/C4H9NO3/c1-2(6)3(7)4(5)8/h2-3,6-7H,1H3,(H2,5,8)/t2-,3-/m0/s1. The van der Waals surface area contributed by atoms with Crippen LogP contribution < -0.4 is 5.73 Å². The van der Waals surface area contributed by atoms with Crippen LogP contribution in [0.15, 0.2) is 0 Å². The van der Waals surface area contributed by atoms with Crippen LogP contribution in [0, 0.1) is 0 Å². The zero-order valence-corrected chi connectivity index (χ0v) is 4.53. The van der Waals surface area contributed by atoms with E-state index in [4.69, 9.17) is 10.2 Å². The van der Waals surface area contributed by atoms with Gasteiger partial charge >= 0.3 is 0 Å². The van der Waals surface area contributed by atoms with Gasteiger partial charge in [0.1, 0.15) is 0 Å². The fourth-order valence-electron chi connectivity index (χ4n) is 0.238. The molecule has 0 bridgehead atoms. The summed E-state index contributed by atoms with van der Waals surface area (Å²) in [5, 5.41) is 16.9. The molecular weight excluding hydrogens is 110 g/mol. The number of aliphatic hydroxyl groups excluding tert-OH is 2. The molecule has 0 saturated heterocycles. The molecule has 4 N–H and O–H groups in total. The third kappa shape index (κ3) is 1.90. The van der Waals surface area contributed by atoms with E-state index in [1.165, 1.54) is 6.92 Å². The maximum absolute atomic E-state index is 9.95. The van der Waals surface area contributed by atoms with Gasteiger partial charge in [-0.1, -0.05) is 0 Å². The predicted octanol–water partition coefficient (Wildman–Crippen LogP) is -1.79. The molecule has 0 aromatic carbocycles. The maximum atomic E-state index is 9.95. The smallest absolute Gasteiger partial charge is 0.248 e. The monoisotopic (exact) mass is 119 g/mol. The molecule has 0 aliphatic rings. The molecular formula is C4H9NO3. The average Bonchev–Trinajstić information content (AvgIpc) is 1.64. The summed E-state index contributed by atoms with van der Waals surface area (Å²) in [5.41, 5.74) is 4.59. The quantitative estimate of drug-likeness (QED) is 0.401. The third-order valence-corrected chi connectivity index (χ3v) is 0.748. The van der Waals surface area contributed by atoms with Crippen LogP contribution in [0.5, 0.6) is 0 Å². The first-order valence-electron chi connectivity index (χ1n) is 2.21. The van der Waals surface area contributed by atoms with Crippen molar-refractivity contribution in [3.05, 3.63) is 0 Å². The van der Waals surface area contributed by atoms with E-state index in [1.807, 2.05) is 0 Å². The minimum absolute atomic E-state index is 0.903. The second kappa shape index (κ2) is 2.64. The summed E-state index contributed by atoms with van der Waals surface area (Å²) >= 11 is 0. The Bertz CT molecular complexity index is 91.3. The highest BCUT2D eigenvalue weighted by Crippen LogP contribution is 1.87. The van der Waals surface area contributed by atoms with Crippen LogP contribution in [0.3, 0.4) is 0 Å². The molecule has 0 radical (unpaired) electrons.